The molecule has 0 aliphatic carbocycles. The first-order valence-corrected chi connectivity index (χ1v) is 7.37. The van der Waals surface area contributed by atoms with E-state index in [1.807, 2.05) is 7.05 Å². The van der Waals surface area contributed by atoms with Crippen molar-refractivity contribution < 1.29 is 4.39 Å². The maximum Gasteiger partial charge on any atom is 0.127 e. The van der Waals surface area contributed by atoms with E-state index in [1.165, 1.54) is 25.3 Å². The van der Waals surface area contributed by atoms with Crippen LogP contribution in [0.3, 0.4) is 0 Å². The van der Waals surface area contributed by atoms with Crippen LogP contribution in [0.4, 0.5) is 4.39 Å². The molecule has 0 radical (unpaired) electrons. The fourth-order valence-electron chi connectivity index (χ4n) is 2.69. The van der Waals surface area contributed by atoms with E-state index in [1.54, 1.807) is 12.1 Å². The van der Waals surface area contributed by atoms with Crippen LogP contribution in [0.15, 0.2) is 18.2 Å². The summed E-state index contributed by atoms with van der Waals surface area (Å²) in [5.74, 6) is 0.662. The maximum atomic E-state index is 13.7. The number of piperidine rings is 1. The van der Waals surface area contributed by atoms with Gasteiger partial charge in [0.05, 0.1) is 0 Å². The summed E-state index contributed by atoms with van der Waals surface area (Å²) in [4.78, 5) is 2.32. The second kappa shape index (κ2) is 8.83. The lowest BCUT2D eigenvalue weighted by Crippen LogP contribution is -2.34. The summed E-state index contributed by atoms with van der Waals surface area (Å²) in [6.07, 6.45) is 3.67. The second-order valence-electron chi connectivity index (χ2n) is 5.35. The largest absolute Gasteiger partial charge is 0.320 e. The highest BCUT2D eigenvalue weighted by atomic mass is 35.5. The number of nitrogens with zero attached hydrogens (tertiary/aromatic N) is 1. The lowest BCUT2D eigenvalue weighted by Gasteiger charge is -2.32. The Balaban J connectivity index is 0.00000200. The SMILES string of the molecule is CNCCC1CCN(Cc2cc(Cl)ccc2F)CC1.Cl. The van der Waals surface area contributed by atoms with Crippen LogP contribution >= 0.6 is 24.0 Å². The molecule has 0 spiro atoms. The normalized spacial score (nSPS) is 16.9. The number of benzene rings is 1. The van der Waals surface area contributed by atoms with Gasteiger partial charge in [0, 0.05) is 17.1 Å². The Bertz CT molecular complexity index is 407. The summed E-state index contributed by atoms with van der Waals surface area (Å²) in [6, 6.07) is 4.80. The van der Waals surface area contributed by atoms with Crippen LogP contribution in [0.1, 0.15) is 24.8 Å². The van der Waals surface area contributed by atoms with Gasteiger partial charge in [-0.15, -0.1) is 12.4 Å². The van der Waals surface area contributed by atoms with E-state index in [-0.39, 0.29) is 18.2 Å². The lowest BCUT2D eigenvalue weighted by molar-refractivity contribution is 0.171. The van der Waals surface area contributed by atoms with Gasteiger partial charge in [0.1, 0.15) is 5.82 Å². The molecule has 2 nitrogen and oxygen atoms in total. The Morgan fingerprint density at radius 2 is 2.05 bits per heavy atom. The molecule has 5 heteroatoms. The van der Waals surface area contributed by atoms with E-state index < -0.39 is 0 Å². The lowest BCUT2D eigenvalue weighted by atomic mass is 9.93. The third-order valence-corrected chi connectivity index (χ3v) is 4.15. The highest BCUT2D eigenvalue weighted by molar-refractivity contribution is 6.30. The average Bonchev–Trinajstić information content (AvgIpc) is 2.42. The molecule has 1 fully saturated rings. The van der Waals surface area contributed by atoms with Gasteiger partial charge in [-0.05, 0) is 70.1 Å². The minimum atomic E-state index is -0.151. The highest BCUT2D eigenvalue weighted by Gasteiger charge is 2.19. The highest BCUT2D eigenvalue weighted by Crippen LogP contribution is 2.23. The van der Waals surface area contributed by atoms with Gasteiger partial charge in [-0.1, -0.05) is 11.6 Å². The molecule has 0 bridgehead atoms. The van der Waals surface area contributed by atoms with Gasteiger partial charge in [-0.25, -0.2) is 4.39 Å². The summed E-state index contributed by atoms with van der Waals surface area (Å²) in [6.45, 7) is 3.87. The number of hydrogen-bond donors (Lipinski definition) is 1. The van der Waals surface area contributed by atoms with Crippen LogP contribution in [0.5, 0.6) is 0 Å². The Morgan fingerprint density at radius 3 is 2.70 bits per heavy atom. The molecule has 1 saturated heterocycles. The van der Waals surface area contributed by atoms with Crippen LogP contribution in [0, 0.1) is 11.7 Å². The molecule has 1 aliphatic heterocycles. The molecule has 0 unspecified atom stereocenters. The molecular weight excluding hydrogens is 298 g/mol. The summed E-state index contributed by atoms with van der Waals surface area (Å²) in [5.41, 5.74) is 0.709. The van der Waals surface area contributed by atoms with Crippen molar-refractivity contribution in [2.24, 2.45) is 5.92 Å². The summed E-state index contributed by atoms with van der Waals surface area (Å²) in [5, 5.41) is 3.81. The van der Waals surface area contributed by atoms with Crippen LogP contribution in [-0.2, 0) is 6.54 Å². The first-order valence-electron chi connectivity index (χ1n) is 7.00. The number of hydrogen-bond acceptors (Lipinski definition) is 2. The topological polar surface area (TPSA) is 15.3 Å². The molecule has 0 amide bonds. The van der Waals surface area contributed by atoms with Crippen LogP contribution in [0.25, 0.3) is 0 Å². The predicted octanol–water partition coefficient (Wildman–Crippen LogP) is 3.72. The predicted molar refractivity (Wildman–Crippen MR) is 85.2 cm³/mol. The smallest absolute Gasteiger partial charge is 0.127 e. The molecule has 1 aromatic carbocycles. The van der Waals surface area contributed by atoms with Crippen LogP contribution in [0.2, 0.25) is 5.02 Å². The Hall–Kier alpha value is -0.350. The van der Waals surface area contributed by atoms with Crippen molar-refractivity contribution >= 4 is 24.0 Å². The van der Waals surface area contributed by atoms with E-state index >= 15 is 0 Å². The van der Waals surface area contributed by atoms with Crippen molar-refractivity contribution in [2.45, 2.75) is 25.8 Å². The van der Waals surface area contributed by atoms with Crippen molar-refractivity contribution in [1.29, 1.82) is 0 Å². The van der Waals surface area contributed by atoms with E-state index in [0.29, 0.717) is 17.1 Å². The first kappa shape index (κ1) is 17.7. The molecule has 0 saturated carbocycles. The number of likely N-dealkylation sites (tertiary alicyclic amines) is 1. The van der Waals surface area contributed by atoms with Crippen molar-refractivity contribution in [3.8, 4) is 0 Å². The van der Waals surface area contributed by atoms with E-state index in [0.717, 1.165) is 25.6 Å². The molecule has 1 aliphatic rings. The standard InChI is InChI=1S/C15H22ClFN2.ClH/c1-18-7-4-12-5-8-19(9-6-12)11-13-10-14(16)2-3-15(13)17;/h2-3,10,12,18H,4-9,11H2,1H3;1H. The Morgan fingerprint density at radius 1 is 1.35 bits per heavy atom. The zero-order valence-electron chi connectivity index (χ0n) is 11.9. The zero-order valence-corrected chi connectivity index (χ0v) is 13.4. The minimum absolute atomic E-state index is 0. The van der Waals surface area contributed by atoms with E-state index in [2.05, 4.69) is 10.2 Å². The monoisotopic (exact) mass is 320 g/mol. The summed E-state index contributed by atoms with van der Waals surface area (Å²) >= 11 is 5.92. The molecule has 2 rings (SSSR count). The quantitative estimate of drug-likeness (QED) is 0.889. The molecule has 1 N–H and O–H groups in total. The fourth-order valence-corrected chi connectivity index (χ4v) is 2.88. The molecular formula is C15H23Cl2FN2. The third kappa shape index (κ3) is 5.21. The van der Waals surface area contributed by atoms with Gasteiger partial charge in [-0.3, -0.25) is 4.90 Å². The van der Waals surface area contributed by atoms with Gasteiger partial charge >= 0.3 is 0 Å². The van der Waals surface area contributed by atoms with Gasteiger partial charge in [0.2, 0.25) is 0 Å². The van der Waals surface area contributed by atoms with Gasteiger partial charge < -0.3 is 5.32 Å². The van der Waals surface area contributed by atoms with Crippen molar-refractivity contribution in [2.75, 3.05) is 26.7 Å². The molecule has 1 aromatic rings. The fraction of sp³-hybridized carbons (Fsp3) is 0.600. The van der Waals surface area contributed by atoms with Gasteiger partial charge in [0.25, 0.3) is 0 Å². The molecule has 0 atom stereocenters. The number of halogens is 3. The van der Waals surface area contributed by atoms with E-state index in [4.69, 9.17) is 11.6 Å². The zero-order chi connectivity index (χ0) is 13.7. The first-order chi connectivity index (χ1) is 9.19. The molecule has 0 aromatic heterocycles. The van der Waals surface area contributed by atoms with Crippen molar-refractivity contribution in [3.05, 3.63) is 34.6 Å². The van der Waals surface area contributed by atoms with Gasteiger partial charge in [0.15, 0.2) is 0 Å². The Kier molecular flexibility index (Phi) is 7.82. The van der Waals surface area contributed by atoms with Crippen LogP contribution in [-0.4, -0.2) is 31.6 Å². The number of rotatable bonds is 5. The van der Waals surface area contributed by atoms with E-state index in [9.17, 15) is 4.39 Å². The maximum absolute atomic E-state index is 13.7. The number of nitrogens with one attached hydrogen (secondary N) is 1. The minimum Gasteiger partial charge on any atom is -0.320 e. The van der Waals surface area contributed by atoms with Gasteiger partial charge in [-0.2, -0.15) is 0 Å². The Labute approximate surface area is 132 Å². The molecule has 114 valence electrons. The van der Waals surface area contributed by atoms with Crippen molar-refractivity contribution in [3.63, 3.8) is 0 Å². The molecule has 20 heavy (non-hydrogen) atoms. The average molecular weight is 321 g/mol. The summed E-state index contributed by atoms with van der Waals surface area (Å²) < 4.78 is 13.7. The van der Waals surface area contributed by atoms with Crippen LogP contribution < -0.4 is 5.32 Å². The van der Waals surface area contributed by atoms with Crippen molar-refractivity contribution in [1.82, 2.24) is 10.2 Å². The molecule has 1 heterocycles. The third-order valence-electron chi connectivity index (χ3n) is 3.91. The second-order valence-corrected chi connectivity index (χ2v) is 5.78. The summed E-state index contributed by atoms with van der Waals surface area (Å²) in [7, 11) is 2.00.